The van der Waals surface area contributed by atoms with Gasteiger partial charge >= 0.3 is 0 Å². The number of rotatable bonds is 3. The summed E-state index contributed by atoms with van der Waals surface area (Å²) in [5.74, 6) is 0.844. The van der Waals surface area contributed by atoms with Crippen molar-refractivity contribution in [1.82, 2.24) is 5.01 Å². The van der Waals surface area contributed by atoms with E-state index in [1.807, 2.05) is 29.3 Å². The topological polar surface area (TPSA) is 37.2 Å². The smallest absolute Gasteiger partial charge is 0.119 e. The van der Waals surface area contributed by atoms with Crippen LogP contribution >= 0.6 is 0 Å². The zero-order chi connectivity index (χ0) is 11.2. The number of benzene rings is 1. The highest BCUT2D eigenvalue weighted by Crippen LogP contribution is 2.19. The Bertz CT molecular complexity index is 342. The summed E-state index contributed by atoms with van der Waals surface area (Å²) in [5, 5.41) is 10.5. The van der Waals surface area contributed by atoms with Gasteiger partial charge in [0.1, 0.15) is 5.75 Å². The molecule has 1 aromatic carbocycles. The Hall–Kier alpha value is -1.58. The Balaban J connectivity index is 1.94. The standard InChI is InChI=1S/C12H17N3O/c1-16-12-7-5-11(6-8-12)13-14-15-9-3-2-4-10-15/h5-8H,2-4,9-10H2,1H3. The molecule has 4 heteroatoms. The van der Waals surface area contributed by atoms with Crippen molar-refractivity contribution in [3.05, 3.63) is 24.3 Å². The summed E-state index contributed by atoms with van der Waals surface area (Å²) in [6.07, 6.45) is 3.76. The van der Waals surface area contributed by atoms with E-state index < -0.39 is 0 Å². The van der Waals surface area contributed by atoms with Gasteiger partial charge in [0, 0.05) is 13.1 Å². The monoisotopic (exact) mass is 219 g/mol. The molecule has 1 saturated heterocycles. The van der Waals surface area contributed by atoms with Gasteiger partial charge in [0.25, 0.3) is 0 Å². The van der Waals surface area contributed by atoms with Crippen molar-refractivity contribution in [2.75, 3.05) is 20.2 Å². The summed E-state index contributed by atoms with van der Waals surface area (Å²) >= 11 is 0. The first-order valence-corrected chi connectivity index (χ1v) is 5.69. The minimum absolute atomic E-state index is 0.844. The van der Waals surface area contributed by atoms with Crippen LogP contribution in [0, 0.1) is 0 Å². The second-order valence-corrected chi connectivity index (χ2v) is 3.90. The van der Waals surface area contributed by atoms with Crippen LogP contribution in [0.15, 0.2) is 34.6 Å². The molecule has 16 heavy (non-hydrogen) atoms. The van der Waals surface area contributed by atoms with Crippen molar-refractivity contribution in [1.29, 1.82) is 0 Å². The molecule has 0 spiro atoms. The lowest BCUT2D eigenvalue weighted by molar-refractivity contribution is 0.224. The maximum absolute atomic E-state index is 5.08. The van der Waals surface area contributed by atoms with Crippen molar-refractivity contribution in [3.8, 4) is 5.75 Å². The lowest BCUT2D eigenvalue weighted by atomic mass is 10.2. The first-order valence-electron chi connectivity index (χ1n) is 5.69. The molecule has 1 fully saturated rings. The van der Waals surface area contributed by atoms with Gasteiger partial charge in [0.05, 0.1) is 12.8 Å². The predicted molar refractivity (Wildman–Crippen MR) is 62.9 cm³/mol. The molecule has 0 bridgehead atoms. The van der Waals surface area contributed by atoms with E-state index in [0.29, 0.717) is 0 Å². The van der Waals surface area contributed by atoms with E-state index in [4.69, 9.17) is 4.74 Å². The fourth-order valence-corrected chi connectivity index (χ4v) is 1.73. The van der Waals surface area contributed by atoms with Gasteiger partial charge in [0.2, 0.25) is 0 Å². The molecule has 1 aliphatic rings. The van der Waals surface area contributed by atoms with Crippen LogP contribution in [-0.2, 0) is 0 Å². The Morgan fingerprint density at radius 3 is 2.38 bits per heavy atom. The molecule has 0 atom stereocenters. The van der Waals surface area contributed by atoms with Crippen molar-refractivity contribution >= 4 is 5.69 Å². The van der Waals surface area contributed by atoms with Crippen LogP contribution in [0.3, 0.4) is 0 Å². The third kappa shape index (κ3) is 2.95. The molecule has 1 aliphatic heterocycles. The fourth-order valence-electron chi connectivity index (χ4n) is 1.73. The molecule has 4 nitrogen and oxygen atoms in total. The fraction of sp³-hybridized carbons (Fsp3) is 0.500. The highest BCUT2D eigenvalue weighted by molar-refractivity contribution is 5.40. The van der Waals surface area contributed by atoms with Gasteiger partial charge in [-0.1, -0.05) is 5.22 Å². The van der Waals surface area contributed by atoms with E-state index in [9.17, 15) is 0 Å². The first kappa shape index (κ1) is 10.9. The quantitative estimate of drug-likeness (QED) is 0.732. The first-order chi connectivity index (χ1) is 7.88. The number of methoxy groups -OCH3 is 1. The van der Waals surface area contributed by atoms with Crippen LogP contribution in [0.5, 0.6) is 5.75 Å². The molecule has 0 amide bonds. The summed E-state index contributed by atoms with van der Waals surface area (Å²) in [6.45, 7) is 2.05. The molecule has 86 valence electrons. The molecule has 1 heterocycles. The maximum Gasteiger partial charge on any atom is 0.119 e. The van der Waals surface area contributed by atoms with Crippen molar-refractivity contribution < 1.29 is 4.74 Å². The Morgan fingerprint density at radius 2 is 1.75 bits per heavy atom. The molecular weight excluding hydrogens is 202 g/mol. The average Bonchev–Trinajstić information content (AvgIpc) is 2.38. The maximum atomic E-state index is 5.08. The summed E-state index contributed by atoms with van der Waals surface area (Å²) < 4.78 is 5.08. The lowest BCUT2D eigenvalue weighted by Crippen LogP contribution is -2.23. The molecule has 0 radical (unpaired) electrons. The molecule has 1 aromatic rings. The molecule has 0 aromatic heterocycles. The zero-order valence-electron chi connectivity index (χ0n) is 9.59. The molecule has 0 aliphatic carbocycles. The van der Waals surface area contributed by atoms with Crippen LogP contribution < -0.4 is 4.74 Å². The number of hydrogen-bond donors (Lipinski definition) is 0. The summed E-state index contributed by atoms with van der Waals surface area (Å²) in [6, 6.07) is 7.60. The van der Waals surface area contributed by atoms with Crippen molar-refractivity contribution in [2.24, 2.45) is 10.3 Å². The largest absolute Gasteiger partial charge is 0.497 e. The van der Waals surface area contributed by atoms with E-state index in [2.05, 4.69) is 10.3 Å². The van der Waals surface area contributed by atoms with Gasteiger partial charge < -0.3 is 4.74 Å². The van der Waals surface area contributed by atoms with Gasteiger partial charge in [-0.05, 0) is 43.5 Å². The molecule has 2 rings (SSSR count). The minimum atomic E-state index is 0.844. The molecule has 0 saturated carbocycles. The van der Waals surface area contributed by atoms with E-state index in [0.717, 1.165) is 24.5 Å². The average molecular weight is 219 g/mol. The van der Waals surface area contributed by atoms with E-state index in [1.54, 1.807) is 7.11 Å². The van der Waals surface area contributed by atoms with Crippen LogP contribution in [0.4, 0.5) is 5.69 Å². The lowest BCUT2D eigenvalue weighted by Gasteiger charge is -2.21. The minimum Gasteiger partial charge on any atom is -0.497 e. The van der Waals surface area contributed by atoms with Crippen LogP contribution in [0.1, 0.15) is 19.3 Å². The highest BCUT2D eigenvalue weighted by Gasteiger charge is 2.06. The van der Waals surface area contributed by atoms with Gasteiger partial charge in [-0.25, -0.2) is 0 Å². The van der Waals surface area contributed by atoms with Gasteiger partial charge in [-0.15, -0.1) is 5.11 Å². The van der Waals surface area contributed by atoms with E-state index >= 15 is 0 Å². The Morgan fingerprint density at radius 1 is 1.06 bits per heavy atom. The number of ether oxygens (including phenoxy) is 1. The third-order valence-electron chi connectivity index (χ3n) is 2.69. The third-order valence-corrected chi connectivity index (χ3v) is 2.69. The number of hydrogen-bond acceptors (Lipinski definition) is 3. The second kappa shape index (κ2) is 5.49. The zero-order valence-corrected chi connectivity index (χ0v) is 9.59. The van der Waals surface area contributed by atoms with Gasteiger partial charge in [-0.3, -0.25) is 5.01 Å². The van der Waals surface area contributed by atoms with Gasteiger partial charge in [-0.2, -0.15) is 0 Å². The second-order valence-electron chi connectivity index (χ2n) is 3.90. The number of piperidine rings is 1. The van der Waals surface area contributed by atoms with Crippen molar-refractivity contribution in [2.45, 2.75) is 19.3 Å². The van der Waals surface area contributed by atoms with Crippen LogP contribution in [-0.4, -0.2) is 25.2 Å². The van der Waals surface area contributed by atoms with Crippen LogP contribution in [0.2, 0.25) is 0 Å². The Labute approximate surface area is 95.9 Å². The molecular formula is C12H17N3O. The van der Waals surface area contributed by atoms with Crippen molar-refractivity contribution in [3.63, 3.8) is 0 Å². The van der Waals surface area contributed by atoms with Crippen LogP contribution in [0.25, 0.3) is 0 Å². The highest BCUT2D eigenvalue weighted by atomic mass is 16.5. The van der Waals surface area contributed by atoms with E-state index in [1.165, 1.54) is 19.3 Å². The van der Waals surface area contributed by atoms with Gasteiger partial charge in [0.15, 0.2) is 0 Å². The predicted octanol–water partition coefficient (Wildman–Crippen LogP) is 3.18. The summed E-state index contributed by atoms with van der Waals surface area (Å²) in [5.41, 5.74) is 0.867. The van der Waals surface area contributed by atoms with E-state index in [-0.39, 0.29) is 0 Å². The normalized spacial score (nSPS) is 16.7. The summed E-state index contributed by atoms with van der Waals surface area (Å²) in [7, 11) is 1.66. The summed E-state index contributed by atoms with van der Waals surface area (Å²) in [4.78, 5) is 0. The molecule has 0 N–H and O–H groups in total. The Kier molecular flexibility index (Phi) is 3.75. The molecule has 0 unspecified atom stereocenters. The SMILES string of the molecule is COc1ccc(N=NN2CCCCC2)cc1. The number of nitrogens with zero attached hydrogens (tertiary/aromatic N) is 3.